The Morgan fingerprint density at radius 3 is 2.40 bits per heavy atom. The monoisotopic (exact) mass is 355 g/mol. The Kier molecular flexibility index (Phi) is 5.09. The van der Waals surface area contributed by atoms with Crippen LogP contribution in [0.25, 0.3) is 6.08 Å². The minimum Gasteiger partial charge on any atom is -0.493 e. The minimum atomic E-state index is -0.284. The summed E-state index contributed by atoms with van der Waals surface area (Å²) in [5.74, 6) is 0.894. The summed E-state index contributed by atoms with van der Waals surface area (Å²) >= 11 is 0.946. The first-order chi connectivity index (χ1) is 12.1. The molecule has 3 rings (SSSR count). The molecular formula is C19H17NO4S. The molecule has 1 aliphatic heterocycles. The van der Waals surface area contributed by atoms with Crippen LogP contribution in [0.1, 0.15) is 11.1 Å². The molecule has 0 N–H and O–H groups in total. The third-order valence-electron chi connectivity index (χ3n) is 3.76. The van der Waals surface area contributed by atoms with E-state index in [-0.39, 0.29) is 17.7 Å². The number of methoxy groups -OCH3 is 2. The van der Waals surface area contributed by atoms with Crippen molar-refractivity contribution < 1.29 is 19.1 Å². The number of benzene rings is 2. The van der Waals surface area contributed by atoms with Crippen molar-refractivity contribution in [3.05, 3.63) is 64.6 Å². The van der Waals surface area contributed by atoms with E-state index in [1.165, 1.54) is 4.90 Å². The number of imide groups is 1. The van der Waals surface area contributed by atoms with Crippen LogP contribution in [0.15, 0.2) is 53.4 Å². The van der Waals surface area contributed by atoms with Crippen molar-refractivity contribution in [3.8, 4) is 11.5 Å². The van der Waals surface area contributed by atoms with Gasteiger partial charge in [0.1, 0.15) is 0 Å². The molecule has 0 saturated carbocycles. The summed E-state index contributed by atoms with van der Waals surface area (Å²) in [7, 11) is 3.11. The third-order valence-corrected chi connectivity index (χ3v) is 4.67. The Bertz CT molecular complexity index is 833. The van der Waals surface area contributed by atoms with Gasteiger partial charge in [-0.2, -0.15) is 0 Å². The number of rotatable bonds is 5. The average molecular weight is 355 g/mol. The molecule has 2 aromatic rings. The van der Waals surface area contributed by atoms with Gasteiger partial charge in [-0.15, -0.1) is 0 Å². The lowest BCUT2D eigenvalue weighted by Crippen LogP contribution is -2.27. The summed E-state index contributed by atoms with van der Waals surface area (Å²) in [6, 6.07) is 14.8. The number of hydrogen-bond donors (Lipinski definition) is 0. The molecule has 128 valence electrons. The second-order valence-electron chi connectivity index (χ2n) is 5.37. The van der Waals surface area contributed by atoms with Gasteiger partial charge in [-0.05, 0) is 41.1 Å². The van der Waals surface area contributed by atoms with Gasteiger partial charge >= 0.3 is 0 Å². The highest BCUT2D eigenvalue weighted by atomic mass is 32.2. The van der Waals surface area contributed by atoms with E-state index in [4.69, 9.17) is 9.47 Å². The Balaban J connectivity index is 1.83. The second kappa shape index (κ2) is 7.44. The van der Waals surface area contributed by atoms with E-state index in [2.05, 4.69) is 0 Å². The molecule has 1 saturated heterocycles. The standard InChI is InChI=1S/C19H17NO4S/c1-23-15-9-8-14(10-16(15)24-2)11-17-18(21)20(19(22)25-17)12-13-6-4-3-5-7-13/h3-11H,12H2,1-2H3. The highest BCUT2D eigenvalue weighted by Gasteiger charge is 2.34. The number of hydrogen-bond acceptors (Lipinski definition) is 5. The zero-order valence-corrected chi connectivity index (χ0v) is 14.7. The first kappa shape index (κ1) is 17.1. The summed E-state index contributed by atoms with van der Waals surface area (Å²) < 4.78 is 10.5. The predicted molar refractivity (Wildman–Crippen MR) is 97.5 cm³/mol. The molecule has 6 heteroatoms. The van der Waals surface area contributed by atoms with Crippen molar-refractivity contribution in [2.24, 2.45) is 0 Å². The number of amides is 2. The maximum Gasteiger partial charge on any atom is 0.293 e. The molecule has 1 aliphatic rings. The SMILES string of the molecule is COc1ccc(C=C2SC(=O)N(Cc3ccccc3)C2=O)cc1OC. The van der Waals surface area contributed by atoms with Crippen molar-refractivity contribution in [1.82, 2.24) is 4.90 Å². The van der Waals surface area contributed by atoms with Gasteiger partial charge in [0.25, 0.3) is 11.1 Å². The molecule has 1 heterocycles. The van der Waals surface area contributed by atoms with Crippen LogP contribution in [0.2, 0.25) is 0 Å². The molecule has 0 aromatic heterocycles. The minimum absolute atomic E-state index is 0.263. The largest absolute Gasteiger partial charge is 0.493 e. The molecule has 25 heavy (non-hydrogen) atoms. The summed E-state index contributed by atoms with van der Waals surface area (Å²) in [6.45, 7) is 0.273. The second-order valence-corrected chi connectivity index (χ2v) is 6.36. The van der Waals surface area contributed by atoms with Gasteiger partial charge in [-0.3, -0.25) is 14.5 Å². The van der Waals surface area contributed by atoms with Crippen LogP contribution < -0.4 is 9.47 Å². The van der Waals surface area contributed by atoms with Crippen molar-refractivity contribution in [3.63, 3.8) is 0 Å². The molecule has 0 radical (unpaired) electrons. The highest BCUT2D eigenvalue weighted by molar-refractivity contribution is 8.18. The molecule has 0 atom stereocenters. The van der Waals surface area contributed by atoms with Crippen molar-refractivity contribution in [1.29, 1.82) is 0 Å². The summed E-state index contributed by atoms with van der Waals surface area (Å²) in [6.07, 6.45) is 1.69. The van der Waals surface area contributed by atoms with E-state index >= 15 is 0 Å². The highest BCUT2D eigenvalue weighted by Crippen LogP contribution is 2.35. The number of carbonyl (C=O) groups is 2. The lowest BCUT2D eigenvalue weighted by Gasteiger charge is -2.12. The van der Waals surface area contributed by atoms with E-state index in [0.717, 1.165) is 22.9 Å². The first-order valence-electron chi connectivity index (χ1n) is 7.63. The van der Waals surface area contributed by atoms with Gasteiger partial charge in [0.05, 0.1) is 25.7 Å². The van der Waals surface area contributed by atoms with Crippen LogP contribution in [0.3, 0.4) is 0 Å². The molecule has 0 unspecified atom stereocenters. The summed E-state index contributed by atoms with van der Waals surface area (Å²) in [4.78, 5) is 26.4. The van der Waals surface area contributed by atoms with Crippen molar-refractivity contribution >= 4 is 29.0 Å². The van der Waals surface area contributed by atoms with Crippen LogP contribution in [0.5, 0.6) is 11.5 Å². The molecule has 0 aliphatic carbocycles. The topological polar surface area (TPSA) is 55.8 Å². The van der Waals surface area contributed by atoms with Gasteiger partial charge in [0, 0.05) is 0 Å². The molecule has 2 amide bonds. The molecule has 1 fully saturated rings. The van der Waals surface area contributed by atoms with Crippen LogP contribution in [0.4, 0.5) is 4.79 Å². The fourth-order valence-corrected chi connectivity index (χ4v) is 3.33. The summed E-state index contributed by atoms with van der Waals surface area (Å²) in [5.41, 5.74) is 1.68. The molecular weight excluding hydrogens is 338 g/mol. The Labute approximate surface area is 150 Å². The van der Waals surface area contributed by atoms with Gasteiger partial charge in [-0.25, -0.2) is 0 Å². The van der Waals surface area contributed by atoms with Gasteiger partial charge in [0.2, 0.25) is 0 Å². The number of nitrogens with zero attached hydrogens (tertiary/aromatic N) is 1. The quantitative estimate of drug-likeness (QED) is 0.761. The Morgan fingerprint density at radius 2 is 1.72 bits per heavy atom. The number of carbonyl (C=O) groups excluding carboxylic acids is 2. The van der Waals surface area contributed by atoms with E-state index < -0.39 is 0 Å². The predicted octanol–water partition coefficient (Wildman–Crippen LogP) is 3.94. The van der Waals surface area contributed by atoms with Crippen LogP contribution in [-0.2, 0) is 11.3 Å². The average Bonchev–Trinajstić information content (AvgIpc) is 2.90. The van der Waals surface area contributed by atoms with Crippen LogP contribution >= 0.6 is 11.8 Å². The molecule has 0 spiro atoms. The van der Waals surface area contributed by atoms with Crippen LogP contribution in [0, 0.1) is 0 Å². The normalized spacial score (nSPS) is 15.8. The smallest absolute Gasteiger partial charge is 0.293 e. The summed E-state index contributed by atoms with van der Waals surface area (Å²) in [5, 5.41) is -0.263. The molecule has 5 nitrogen and oxygen atoms in total. The molecule has 0 bridgehead atoms. The van der Waals surface area contributed by atoms with Gasteiger partial charge < -0.3 is 9.47 Å². The van der Waals surface area contributed by atoms with E-state index in [0.29, 0.717) is 16.4 Å². The Hall–Kier alpha value is -2.73. The lowest BCUT2D eigenvalue weighted by atomic mass is 10.1. The van der Waals surface area contributed by atoms with E-state index in [1.807, 2.05) is 36.4 Å². The van der Waals surface area contributed by atoms with Gasteiger partial charge in [0.15, 0.2) is 11.5 Å². The fourth-order valence-electron chi connectivity index (χ4n) is 2.50. The zero-order valence-electron chi connectivity index (χ0n) is 13.9. The van der Waals surface area contributed by atoms with Crippen LogP contribution in [-0.4, -0.2) is 30.3 Å². The van der Waals surface area contributed by atoms with Gasteiger partial charge in [-0.1, -0.05) is 36.4 Å². The lowest BCUT2D eigenvalue weighted by molar-refractivity contribution is -0.123. The zero-order chi connectivity index (χ0) is 17.8. The van der Waals surface area contributed by atoms with E-state index in [9.17, 15) is 9.59 Å². The number of thioether (sulfide) groups is 1. The van der Waals surface area contributed by atoms with E-state index in [1.54, 1.807) is 32.4 Å². The Morgan fingerprint density at radius 1 is 1.00 bits per heavy atom. The fraction of sp³-hybridized carbons (Fsp3) is 0.158. The third kappa shape index (κ3) is 3.69. The maximum absolute atomic E-state index is 12.6. The van der Waals surface area contributed by atoms with Crippen molar-refractivity contribution in [2.75, 3.05) is 14.2 Å². The maximum atomic E-state index is 12.6. The number of ether oxygens (including phenoxy) is 2. The van der Waals surface area contributed by atoms with Crippen molar-refractivity contribution in [2.45, 2.75) is 6.54 Å². The molecule has 2 aromatic carbocycles. The first-order valence-corrected chi connectivity index (χ1v) is 8.45.